The summed E-state index contributed by atoms with van der Waals surface area (Å²) in [4.78, 5) is 30.9. The number of halogens is 2. The minimum absolute atomic E-state index is 0.0761. The Bertz CT molecular complexity index is 1350. The quantitative estimate of drug-likeness (QED) is 0.487. The zero-order chi connectivity index (χ0) is 21.4. The number of aromatic nitrogens is 4. The van der Waals surface area contributed by atoms with Crippen molar-refractivity contribution in [3.05, 3.63) is 92.1 Å². The van der Waals surface area contributed by atoms with E-state index in [1.165, 1.54) is 27.6 Å². The SMILES string of the molecule is CC(C)Cn1c(=O)c2c(ncn2Cc2cccc(F)c2)n(-c2ccccc2Cl)c1=O. The van der Waals surface area contributed by atoms with Crippen molar-refractivity contribution >= 4 is 22.8 Å². The number of para-hydroxylation sites is 1. The lowest BCUT2D eigenvalue weighted by Crippen LogP contribution is -2.41. The lowest BCUT2D eigenvalue weighted by Gasteiger charge is -2.15. The highest BCUT2D eigenvalue weighted by atomic mass is 35.5. The van der Waals surface area contributed by atoms with Crippen LogP contribution in [0.25, 0.3) is 16.9 Å². The highest BCUT2D eigenvalue weighted by Crippen LogP contribution is 2.21. The Balaban J connectivity index is 2.02. The minimum atomic E-state index is -0.495. The molecule has 2 heterocycles. The average molecular weight is 427 g/mol. The molecule has 154 valence electrons. The van der Waals surface area contributed by atoms with Crippen LogP contribution in [0, 0.1) is 11.7 Å². The summed E-state index contributed by atoms with van der Waals surface area (Å²) in [5, 5.41) is 0.371. The Hall–Kier alpha value is -3.19. The largest absolute Gasteiger partial charge is 0.337 e. The maximum absolute atomic E-state index is 13.6. The van der Waals surface area contributed by atoms with Crippen LogP contribution < -0.4 is 11.2 Å². The van der Waals surface area contributed by atoms with Crippen LogP contribution in [0.4, 0.5) is 4.39 Å². The van der Waals surface area contributed by atoms with Gasteiger partial charge < -0.3 is 4.57 Å². The van der Waals surface area contributed by atoms with Crippen molar-refractivity contribution in [2.24, 2.45) is 5.92 Å². The monoisotopic (exact) mass is 426 g/mol. The van der Waals surface area contributed by atoms with E-state index in [2.05, 4.69) is 4.98 Å². The summed E-state index contributed by atoms with van der Waals surface area (Å²) in [5.41, 5.74) is 0.683. The summed E-state index contributed by atoms with van der Waals surface area (Å²) in [5.74, 6) is -0.283. The minimum Gasteiger partial charge on any atom is -0.320 e. The van der Waals surface area contributed by atoms with Gasteiger partial charge in [0.25, 0.3) is 5.56 Å². The molecule has 0 amide bonds. The van der Waals surface area contributed by atoms with Crippen LogP contribution in [0.2, 0.25) is 5.02 Å². The Morgan fingerprint density at radius 1 is 1.10 bits per heavy atom. The first kappa shape index (κ1) is 20.1. The molecule has 30 heavy (non-hydrogen) atoms. The van der Waals surface area contributed by atoms with Crippen LogP contribution in [-0.2, 0) is 13.1 Å². The first-order valence-electron chi connectivity index (χ1n) is 9.57. The maximum atomic E-state index is 13.6. The fourth-order valence-electron chi connectivity index (χ4n) is 3.51. The van der Waals surface area contributed by atoms with Gasteiger partial charge in [0.05, 0.1) is 17.0 Å². The van der Waals surface area contributed by atoms with Gasteiger partial charge in [0.15, 0.2) is 11.2 Å². The second kappa shape index (κ2) is 7.91. The van der Waals surface area contributed by atoms with Crippen LogP contribution in [0.3, 0.4) is 0 Å². The zero-order valence-electron chi connectivity index (χ0n) is 16.5. The maximum Gasteiger partial charge on any atom is 0.337 e. The molecule has 0 bridgehead atoms. The standard InChI is InChI=1S/C22H20ClFN4O2/c1-14(2)11-27-21(29)19-20(28(22(27)30)18-9-4-3-8-17(18)23)25-13-26(19)12-15-6-5-7-16(24)10-15/h3-10,13-14H,11-12H2,1-2H3. The van der Waals surface area contributed by atoms with Crippen molar-refractivity contribution in [2.45, 2.75) is 26.9 Å². The van der Waals surface area contributed by atoms with Crippen molar-refractivity contribution < 1.29 is 4.39 Å². The second-order valence-electron chi connectivity index (χ2n) is 7.55. The van der Waals surface area contributed by atoms with Crippen molar-refractivity contribution in [2.75, 3.05) is 0 Å². The van der Waals surface area contributed by atoms with Gasteiger partial charge in [-0.25, -0.2) is 18.7 Å². The molecule has 0 aliphatic heterocycles. The molecule has 0 radical (unpaired) electrons. The van der Waals surface area contributed by atoms with Crippen molar-refractivity contribution in [3.8, 4) is 5.69 Å². The number of nitrogens with zero attached hydrogens (tertiary/aromatic N) is 4. The number of fused-ring (bicyclic) bond motifs is 1. The van der Waals surface area contributed by atoms with E-state index in [1.807, 2.05) is 13.8 Å². The summed E-state index contributed by atoms with van der Waals surface area (Å²) in [7, 11) is 0. The van der Waals surface area contributed by atoms with Gasteiger partial charge in [-0.2, -0.15) is 0 Å². The average Bonchev–Trinajstić information content (AvgIpc) is 3.10. The molecule has 8 heteroatoms. The number of benzene rings is 2. The smallest absolute Gasteiger partial charge is 0.320 e. The second-order valence-corrected chi connectivity index (χ2v) is 7.96. The van der Waals surface area contributed by atoms with Gasteiger partial charge in [0, 0.05) is 13.1 Å². The molecule has 0 fully saturated rings. The van der Waals surface area contributed by atoms with Gasteiger partial charge in [-0.1, -0.05) is 49.7 Å². The van der Waals surface area contributed by atoms with Crippen LogP contribution in [0.15, 0.2) is 64.4 Å². The Morgan fingerprint density at radius 3 is 2.57 bits per heavy atom. The highest BCUT2D eigenvalue weighted by Gasteiger charge is 2.21. The van der Waals surface area contributed by atoms with Gasteiger partial charge in [0.2, 0.25) is 0 Å². The molecule has 0 saturated carbocycles. The molecule has 0 N–H and O–H groups in total. The molecule has 0 aliphatic carbocycles. The zero-order valence-corrected chi connectivity index (χ0v) is 17.3. The van der Waals surface area contributed by atoms with E-state index in [4.69, 9.17) is 11.6 Å². The van der Waals surface area contributed by atoms with Crippen LogP contribution in [0.5, 0.6) is 0 Å². The third kappa shape index (κ3) is 3.57. The predicted octanol–water partition coefficient (Wildman–Crippen LogP) is 3.85. The number of imidazole rings is 1. The Kier molecular flexibility index (Phi) is 5.30. The fraction of sp³-hybridized carbons (Fsp3) is 0.227. The lowest BCUT2D eigenvalue weighted by molar-refractivity contribution is 0.489. The predicted molar refractivity (Wildman–Crippen MR) is 115 cm³/mol. The third-order valence-corrected chi connectivity index (χ3v) is 5.10. The van der Waals surface area contributed by atoms with E-state index >= 15 is 0 Å². The van der Waals surface area contributed by atoms with E-state index in [0.29, 0.717) is 16.3 Å². The van der Waals surface area contributed by atoms with Gasteiger partial charge in [-0.05, 0) is 35.7 Å². The molecule has 2 aromatic carbocycles. The normalized spacial score (nSPS) is 11.5. The van der Waals surface area contributed by atoms with Crippen molar-refractivity contribution in [1.82, 2.24) is 18.7 Å². The molecule has 0 aliphatic rings. The van der Waals surface area contributed by atoms with E-state index in [1.54, 1.807) is 41.0 Å². The van der Waals surface area contributed by atoms with E-state index in [0.717, 1.165) is 0 Å². The molecule has 0 saturated heterocycles. The molecule has 2 aromatic heterocycles. The molecule has 0 unspecified atom stereocenters. The van der Waals surface area contributed by atoms with Crippen molar-refractivity contribution in [1.29, 1.82) is 0 Å². The lowest BCUT2D eigenvalue weighted by atomic mass is 10.2. The first-order valence-corrected chi connectivity index (χ1v) is 9.94. The van der Waals surface area contributed by atoms with Gasteiger partial charge >= 0.3 is 5.69 Å². The van der Waals surface area contributed by atoms with E-state index in [9.17, 15) is 14.0 Å². The molecule has 4 rings (SSSR count). The van der Waals surface area contributed by atoms with Gasteiger partial charge in [0.1, 0.15) is 5.82 Å². The summed E-state index contributed by atoms with van der Waals surface area (Å²) < 4.78 is 17.8. The molecule has 4 aromatic rings. The third-order valence-electron chi connectivity index (χ3n) is 4.78. The summed E-state index contributed by atoms with van der Waals surface area (Å²) in [6.45, 7) is 4.36. The molecule has 0 spiro atoms. The van der Waals surface area contributed by atoms with Gasteiger partial charge in [-0.15, -0.1) is 0 Å². The highest BCUT2D eigenvalue weighted by molar-refractivity contribution is 6.32. The summed E-state index contributed by atoms with van der Waals surface area (Å²) >= 11 is 6.36. The fourth-order valence-corrected chi connectivity index (χ4v) is 3.73. The van der Waals surface area contributed by atoms with Crippen molar-refractivity contribution in [3.63, 3.8) is 0 Å². The molecular weight excluding hydrogens is 407 g/mol. The van der Waals surface area contributed by atoms with E-state index < -0.39 is 11.2 Å². The number of hydrogen-bond acceptors (Lipinski definition) is 3. The molecule has 0 atom stereocenters. The van der Waals surface area contributed by atoms with Crippen LogP contribution >= 0.6 is 11.6 Å². The topological polar surface area (TPSA) is 61.8 Å². The Morgan fingerprint density at radius 2 is 1.87 bits per heavy atom. The van der Waals surface area contributed by atoms with Gasteiger partial charge in [-0.3, -0.25) is 9.36 Å². The van der Waals surface area contributed by atoms with Crippen LogP contribution in [0.1, 0.15) is 19.4 Å². The first-order chi connectivity index (χ1) is 14.4. The summed E-state index contributed by atoms with van der Waals surface area (Å²) in [6.07, 6.45) is 1.49. The molecule has 6 nitrogen and oxygen atoms in total. The summed E-state index contributed by atoms with van der Waals surface area (Å²) in [6, 6.07) is 13.1. The Labute approximate surface area is 176 Å². The molecular formula is C22H20ClFN4O2. The number of rotatable bonds is 5. The van der Waals surface area contributed by atoms with E-state index in [-0.39, 0.29) is 36.0 Å². The number of hydrogen-bond donors (Lipinski definition) is 0. The van der Waals surface area contributed by atoms with Crippen LogP contribution in [-0.4, -0.2) is 18.7 Å².